The smallest absolute Gasteiger partial charge is 0.164 e. The number of hydrogen-bond donors (Lipinski definition) is 0. The Labute approximate surface area is 146 Å². The second-order valence-electron chi connectivity index (χ2n) is 5.95. The van der Waals surface area contributed by atoms with Crippen molar-refractivity contribution in [3.8, 4) is 22.5 Å². The van der Waals surface area contributed by atoms with Gasteiger partial charge in [-0.3, -0.25) is 4.98 Å². The number of hydrogen-bond acceptors (Lipinski definition) is 4. The van der Waals surface area contributed by atoms with Gasteiger partial charge in [-0.15, -0.1) is 0 Å². The summed E-state index contributed by atoms with van der Waals surface area (Å²) in [5.41, 5.74) is 3.43. The summed E-state index contributed by atoms with van der Waals surface area (Å²) in [5.74, 6) is -0.158. The van der Waals surface area contributed by atoms with E-state index in [1.807, 2.05) is 18.2 Å². The Bertz CT molecular complexity index is 1180. The third-order valence-corrected chi connectivity index (χ3v) is 4.29. The zero-order chi connectivity index (χ0) is 17.7. The van der Waals surface area contributed by atoms with Gasteiger partial charge in [-0.05, 0) is 41.5 Å². The lowest BCUT2D eigenvalue weighted by atomic mass is 9.97. The van der Waals surface area contributed by atoms with Crippen LogP contribution in [0.2, 0.25) is 0 Å². The highest BCUT2D eigenvalue weighted by molar-refractivity contribution is 6.13. The summed E-state index contributed by atoms with van der Waals surface area (Å²) < 4.78 is 27.2. The second-order valence-corrected chi connectivity index (χ2v) is 5.95. The SMILES string of the molecule is Fc1cc(F)cc(-c2ccc3nc(-c4cccnc4)nc4c3c2C=N4)c1. The van der Waals surface area contributed by atoms with Gasteiger partial charge in [-0.25, -0.2) is 23.7 Å². The molecule has 0 saturated carbocycles. The minimum Gasteiger partial charge on any atom is -0.264 e. The van der Waals surface area contributed by atoms with E-state index in [9.17, 15) is 8.78 Å². The maximum atomic E-state index is 13.6. The fraction of sp³-hybridized carbons (Fsp3) is 0. The average molecular weight is 344 g/mol. The first-order valence-corrected chi connectivity index (χ1v) is 7.95. The van der Waals surface area contributed by atoms with Crippen LogP contribution in [0.4, 0.5) is 14.6 Å². The third kappa shape index (κ3) is 2.27. The molecule has 0 spiro atoms. The molecule has 5 rings (SSSR count). The summed E-state index contributed by atoms with van der Waals surface area (Å²) >= 11 is 0. The molecule has 0 radical (unpaired) electrons. The summed E-state index contributed by atoms with van der Waals surface area (Å²) in [5, 5.41) is 0.778. The molecule has 2 aromatic heterocycles. The van der Waals surface area contributed by atoms with Gasteiger partial charge in [-0.1, -0.05) is 6.07 Å². The fourth-order valence-corrected chi connectivity index (χ4v) is 3.17. The average Bonchev–Trinajstić information content (AvgIpc) is 3.07. The molecule has 2 aromatic carbocycles. The molecule has 0 unspecified atom stereocenters. The van der Waals surface area contributed by atoms with E-state index < -0.39 is 11.6 Å². The van der Waals surface area contributed by atoms with E-state index in [2.05, 4.69) is 19.9 Å². The normalized spacial score (nSPS) is 12.1. The Kier molecular flexibility index (Phi) is 3.12. The highest BCUT2D eigenvalue weighted by Crippen LogP contribution is 2.38. The molecule has 0 N–H and O–H groups in total. The van der Waals surface area contributed by atoms with Crippen molar-refractivity contribution in [2.24, 2.45) is 4.99 Å². The standard InChI is InChI=1S/C20H10F2N4/c21-13-6-12(7-14(22)8-13)15-3-4-17-18-16(15)10-24-20(18)26-19(25-17)11-2-1-5-23-9-11/h1-10H. The van der Waals surface area contributed by atoms with E-state index in [1.165, 1.54) is 12.1 Å². The molecule has 1 aliphatic heterocycles. The molecule has 26 heavy (non-hydrogen) atoms. The van der Waals surface area contributed by atoms with E-state index >= 15 is 0 Å². The summed E-state index contributed by atoms with van der Waals surface area (Å²) in [6, 6.07) is 10.8. The second kappa shape index (κ2) is 5.49. The van der Waals surface area contributed by atoms with Crippen LogP contribution in [0, 0.1) is 11.6 Å². The van der Waals surface area contributed by atoms with Crippen molar-refractivity contribution < 1.29 is 8.78 Å². The van der Waals surface area contributed by atoms with Crippen molar-refractivity contribution in [2.45, 2.75) is 0 Å². The van der Waals surface area contributed by atoms with Crippen LogP contribution < -0.4 is 0 Å². The van der Waals surface area contributed by atoms with E-state index in [0.717, 1.165) is 28.1 Å². The quantitative estimate of drug-likeness (QED) is 0.466. The minimum absolute atomic E-state index is 0.454. The Balaban J connectivity index is 1.74. The van der Waals surface area contributed by atoms with Gasteiger partial charge in [-0.2, -0.15) is 0 Å². The molecule has 4 aromatic rings. The van der Waals surface area contributed by atoms with Crippen LogP contribution in [0.25, 0.3) is 33.4 Å². The van der Waals surface area contributed by atoms with Crippen LogP contribution in [-0.2, 0) is 0 Å². The monoisotopic (exact) mass is 344 g/mol. The molecule has 124 valence electrons. The number of aromatic nitrogens is 3. The van der Waals surface area contributed by atoms with E-state index in [4.69, 9.17) is 0 Å². The van der Waals surface area contributed by atoms with E-state index in [-0.39, 0.29) is 0 Å². The molecule has 0 bridgehead atoms. The maximum Gasteiger partial charge on any atom is 0.164 e. The zero-order valence-corrected chi connectivity index (χ0v) is 13.3. The largest absolute Gasteiger partial charge is 0.264 e. The Morgan fingerprint density at radius 2 is 1.69 bits per heavy atom. The Morgan fingerprint density at radius 3 is 2.46 bits per heavy atom. The number of aliphatic imine (C=N–C) groups is 1. The van der Waals surface area contributed by atoms with Gasteiger partial charge in [0.15, 0.2) is 11.6 Å². The Hall–Kier alpha value is -3.54. The van der Waals surface area contributed by atoms with Crippen LogP contribution in [0.1, 0.15) is 5.56 Å². The van der Waals surface area contributed by atoms with Gasteiger partial charge < -0.3 is 0 Å². The predicted molar refractivity (Wildman–Crippen MR) is 95.4 cm³/mol. The van der Waals surface area contributed by atoms with Gasteiger partial charge in [0, 0.05) is 35.8 Å². The van der Waals surface area contributed by atoms with Gasteiger partial charge >= 0.3 is 0 Å². The lowest BCUT2D eigenvalue weighted by Crippen LogP contribution is -1.94. The van der Waals surface area contributed by atoms with Gasteiger partial charge in [0.2, 0.25) is 0 Å². The summed E-state index contributed by atoms with van der Waals surface area (Å²) in [7, 11) is 0. The highest BCUT2D eigenvalue weighted by atomic mass is 19.1. The van der Waals surface area contributed by atoms with Crippen LogP contribution in [0.15, 0.2) is 59.9 Å². The molecule has 0 atom stereocenters. The first kappa shape index (κ1) is 14.8. The number of nitrogens with zero attached hydrogens (tertiary/aromatic N) is 4. The minimum atomic E-state index is -0.620. The summed E-state index contributed by atoms with van der Waals surface area (Å²) in [6.07, 6.45) is 5.04. The highest BCUT2D eigenvalue weighted by Gasteiger charge is 2.20. The van der Waals surface area contributed by atoms with Crippen molar-refractivity contribution in [1.82, 2.24) is 15.0 Å². The number of benzene rings is 2. The van der Waals surface area contributed by atoms with Crippen molar-refractivity contribution in [3.05, 3.63) is 72.1 Å². The number of halogens is 2. The molecule has 6 heteroatoms. The first-order chi connectivity index (χ1) is 12.7. The van der Waals surface area contributed by atoms with E-state index in [0.29, 0.717) is 22.8 Å². The van der Waals surface area contributed by atoms with Crippen molar-refractivity contribution in [3.63, 3.8) is 0 Å². The zero-order valence-electron chi connectivity index (χ0n) is 13.3. The van der Waals surface area contributed by atoms with Gasteiger partial charge in [0.05, 0.1) is 10.9 Å². The molecule has 4 nitrogen and oxygen atoms in total. The molecule has 0 aliphatic carbocycles. The van der Waals surface area contributed by atoms with Crippen molar-refractivity contribution >= 4 is 22.9 Å². The maximum absolute atomic E-state index is 13.6. The fourth-order valence-electron chi connectivity index (χ4n) is 3.17. The topological polar surface area (TPSA) is 51.0 Å². The van der Waals surface area contributed by atoms with Crippen LogP contribution in [0.5, 0.6) is 0 Å². The first-order valence-electron chi connectivity index (χ1n) is 7.95. The van der Waals surface area contributed by atoms with Gasteiger partial charge in [0.25, 0.3) is 0 Å². The number of pyridine rings is 1. The molecular weight excluding hydrogens is 334 g/mol. The van der Waals surface area contributed by atoms with Crippen LogP contribution in [0.3, 0.4) is 0 Å². The summed E-state index contributed by atoms with van der Waals surface area (Å²) in [4.78, 5) is 17.6. The molecular formula is C20H10F2N4. The van der Waals surface area contributed by atoms with Crippen molar-refractivity contribution in [1.29, 1.82) is 0 Å². The predicted octanol–water partition coefficient (Wildman–Crippen LogP) is 4.70. The van der Waals surface area contributed by atoms with Crippen LogP contribution >= 0.6 is 0 Å². The lowest BCUT2D eigenvalue weighted by Gasteiger charge is -2.09. The van der Waals surface area contributed by atoms with Crippen LogP contribution in [-0.4, -0.2) is 21.2 Å². The molecule has 0 fully saturated rings. The van der Waals surface area contributed by atoms with Crippen molar-refractivity contribution in [2.75, 3.05) is 0 Å². The lowest BCUT2D eigenvalue weighted by molar-refractivity contribution is 0.584. The molecule has 0 saturated heterocycles. The number of rotatable bonds is 2. The Morgan fingerprint density at radius 1 is 0.846 bits per heavy atom. The van der Waals surface area contributed by atoms with E-state index in [1.54, 1.807) is 24.7 Å². The third-order valence-electron chi connectivity index (χ3n) is 4.29. The summed E-state index contributed by atoms with van der Waals surface area (Å²) in [6.45, 7) is 0. The molecule has 0 amide bonds. The molecule has 1 aliphatic rings. The van der Waals surface area contributed by atoms with Gasteiger partial charge in [0.1, 0.15) is 11.6 Å². The molecule has 3 heterocycles.